The topological polar surface area (TPSA) is 21.3 Å². The monoisotopic (exact) mass is 323 g/mol. The average molecular weight is 324 g/mol. The van der Waals surface area contributed by atoms with Crippen LogP contribution in [0.5, 0.6) is 5.75 Å². The van der Waals surface area contributed by atoms with Crippen LogP contribution < -0.4 is 10.1 Å². The van der Waals surface area contributed by atoms with Crippen LogP contribution in [0.2, 0.25) is 0 Å². The van der Waals surface area contributed by atoms with Crippen molar-refractivity contribution in [2.75, 3.05) is 12.4 Å². The molecule has 2 aromatic rings. The smallest absolute Gasteiger partial charge is 0.126 e. The zero-order chi connectivity index (χ0) is 13.8. The molecule has 0 fully saturated rings. The zero-order valence-corrected chi connectivity index (χ0v) is 12.4. The Morgan fingerprint density at radius 1 is 1.21 bits per heavy atom. The second-order valence-corrected chi connectivity index (χ2v) is 5.23. The Kier molecular flexibility index (Phi) is 4.43. The molecule has 0 aliphatic heterocycles. The summed E-state index contributed by atoms with van der Waals surface area (Å²) >= 11 is 3.42. The predicted octanol–water partition coefficient (Wildman–Crippen LogP) is 4.52. The van der Waals surface area contributed by atoms with Crippen LogP contribution in [0.25, 0.3) is 0 Å². The van der Waals surface area contributed by atoms with Gasteiger partial charge in [0.1, 0.15) is 11.6 Å². The number of hydrogen-bond acceptors (Lipinski definition) is 2. The van der Waals surface area contributed by atoms with Crippen LogP contribution in [-0.2, 0) is 6.54 Å². The van der Waals surface area contributed by atoms with E-state index in [0.29, 0.717) is 12.1 Å². The van der Waals surface area contributed by atoms with E-state index in [4.69, 9.17) is 4.74 Å². The number of aryl methyl sites for hydroxylation is 1. The van der Waals surface area contributed by atoms with Gasteiger partial charge in [0, 0.05) is 22.8 Å². The summed E-state index contributed by atoms with van der Waals surface area (Å²) in [5.74, 6) is 0.595. The fraction of sp³-hybridized carbons (Fsp3) is 0.200. The van der Waals surface area contributed by atoms with Gasteiger partial charge in [0.2, 0.25) is 0 Å². The normalized spacial score (nSPS) is 10.3. The highest BCUT2D eigenvalue weighted by Crippen LogP contribution is 2.25. The molecule has 4 heteroatoms. The third-order valence-corrected chi connectivity index (χ3v) is 3.30. The first-order chi connectivity index (χ1) is 9.08. The Morgan fingerprint density at radius 3 is 2.68 bits per heavy atom. The van der Waals surface area contributed by atoms with Crippen LogP contribution in [0.15, 0.2) is 40.9 Å². The van der Waals surface area contributed by atoms with Crippen LogP contribution >= 0.6 is 15.9 Å². The summed E-state index contributed by atoms with van der Waals surface area (Å²) in [4.78, 5) is 0. The molecule has 0 amide bonds. The summed E-state index contributed by atoms with van der Waals surface area (Å²) < 4.78 is 19.6. The van der Waals surface area contributed by atoms with E-state index in [1.54, 1.807) is 26.2 Å². The number of hydrogen-bond donors (Lipinski definition) is 1. The van der Waals surface area contributed by atoms with E-state index in [1.807, 2.05) is 24.3 Å². The maximum Gasteiger partial charge on any atom is 0.126 e. The largest absolute Gasteiger partial charge is 0.497 e. The van der Waals surface area contributed by atoms with E-state index < -0.39 is 0 Å². The summed E-state index contributed by atoms with van der Waals surface area (Å²) in [5, 5.41) is 3.25. The molecule has 19 heavy (non-hydrogen) atoms. The highest BCUT2D eigenvalue weighted by Gasteiger charge is 2.02. The first-order valence-electron chi connectivity index (χ1n) is 5.92. The number of anilines is 1. The summed E-state index contributed by atoms with van der Waals surface area (Å²) in [6.07, 6.45) is 0. The molecule has 0 spiro atoms. The quantitative estimate of drug-likeness (QED) is 0.893. The SMILES string of the molecule is COc1cc(Br)cc(NCc2ccc(C)c(F)c2)c1. The van der Waals surface area contributed by atoms with Crippen LogP contribution in [0, 0.1) is 12.7 Å². The van der Waals surface area contributed by atoms with E-state index in [-0.39, 0.29) is 5.82 Å². The lowest BCUT2D eigenvalue weighted by Crippen LogP contribution is -2.00. The van der Waals surface area contributed by atoms with Gasteiger partial charge in [-0.05, 0) is 36.2 Å². The first kappa shape index (κ1) is 13.9. The molecule has 0 saturated carbocycles. The average Bonchev–Trinajstić information content (AvgIpc) is 2.39. The van der Waals surface area contributed by atoms with Crippen molar-refractivity contribution < 1.29 is 9.13 Å². The molecular weight excluding hydrogens is 309 g/mol. The lowest BCUT2D eigenvalue weighted by Gasteiger charge is -2.10. The van der Waals surface area contributed by atoms with Gasteiger partial charge >= 0.3 is 0 Å². The minimum absolute atomic E-state index is 0.175. The molecule has 0 aliphatic rings. The Balaban J connectivity index is 2.09. The molecule has 2 nitrogen and oxygen atoms in total. The molecule has 0 aliphatic carbocycles. The van der Waals surface area contributed by atoms with Crippen LogP contribution in [0.3, 0.4) is 0 Å². The molecule has 0 saturated heterocycles. The molecule has 2 aromatic carbocycles. The van der Waals surface area contributed by atoms with Gasteiger partial charge in [-0.2, -0.15) is 0 Å². The van der Waals surface area contributed by atoms with Crippen molar-refractivity contribution in [3.63, 3.8) is 0 Å². The summed E-state index contributed by atoms with van der Waals surface area (Å²) in [6, 6.07) is 11.0. The maximum absolute atomic E-state index is 13.4. The number of nitrogens with one attached hydrogen (secondary N) is 1. The van der Waals surface area contributed by atoms with Gasteiger partial charge in [0.25, 0.3) is 0 Å². The first-order valence-corrected chi connectivity index (χ1v) is 6.71. The van der Waals surface area contributed by atoms with Gasteiger partial charge in [-0.3, -0.25) is 0 Å². The minimum atomic E-state index is -0.175. The van der Waals surface area contributed by atoms with Crippen molar-refractivity contribution in [3.05, 3.63) is 57.8 Å². The zero-order valence-electron chi connectivity index (χ0n) is 10.8. The molecule has 0 radical (unpaired) electrons. The van der Waals surface area contributed by atoms with E-state index in [2.05, 4.69) is 21.2 Å². The molecule has 2 rings (SSSR count). The lowest BCUT2D eigenvalue weighted by molar-refractivity contribution is 0.414. The number of rotatable bonds is 4. The number of halogens is 2. The molecular formula is C15H15BrFNO. The number of methoxy groups -OCH3 is 1. The third kappa shape index (κ3) is 3.70. The predicted molar refractivity (Wildman–Crippen MR) is 79.2 cm³/mol. The van der Waals surface area contributed by atoms with Crippen molar-refractivity contribution in [2.45, 2.75) is 13.5 Å². The van der Waals surface area contributed by atoms with Gasteiger partial charge in [-0.15, -0.1) is 0 Å². The molecule has 1 N–H and O–H groups in total. The van der Waals surface area contributed by atoms with Crippen molar-refractivity contribution in [2.24, 2.45) is 0 Å². The summed E-state index contributed by atoms with van der Waals surface area (Å²) in [5.41, 5.74) is 2.49. The Bertz CT molecular complexity index is 586. The van der Waals surface area contributed by atoms with E-state index >= 15 is 0 Å². The van der Waals surface area contributed by atoms with Gasteiger partial charge in [-0.1, -0.05) is 28.1 Å². The Morgan fingerprint density at radius 2 is 2.00 bits per heavy atom. The van der Waals surface area contributed by atoms with Crippen LogP contribution in [0.4, 0.5) is 10.1 Å². The minimum Gasteiger partial charge on any atom is -0.497 e. The number of benzene rings is 2. The Hall–Kier alpha value is -1.55. The molecule has 0 aromatic heterocycles. The maximum atomic E-state index is 13.4. The van der Waals surface area contributed by atoms with Gasteiger partial charge in [0.05, 0.1) is 7.11 Å². The fourth-order valence-corrected chi connectivity index (χ4v) is 2.21. The van der Waals surface area contributed by atoms with E-state index in [1.165, 1.54) is 0 Å². The van der Waals surface area contributed by atoms with Crippen LogP contribution in [0.1, 0.15) is 11.1 Å². The molecule has 0 atom stereocenters. The Labute approximate surface area is 120 Å². The number of ether oxygens (including phenoxy) is 1. The fourth-order valence-electron chi connectivity index (χ4n) is 1.73. The van der Waals surface area contributed by atoms with Gasteiger partial charge in [0.15, 0.2) is 0 Å². The molecule has 0 unspecified atom stereocenters. The van der Waals surface area contributed by atoms with E-state index in [9.17, 15) is 4.39 Å². The second-order valence-electron chi connectivity index (χ2n) is 4.32. The van der Waals surface area contributed by atoms with Crippen molar-refractivity contribution in [1.82, 2.24) is 0 Å². The van der Waals surface area contributed by atoms with Crippen molar-refractivity contribution in [1.29, 1.82) is 0 Å². The molecule has 0 bridgehead atoms. The lowest BCUT2D eigenvalue weighted by atomic mass is 10.1. The summed E-state index contributed by atoms with van der Waals surface area (Å²) in [7, 11) is 1.63. The summed E-state index contributed by atoms with van der Waals surface area (Å²) in [6.45, 7) is 2.32. The highest BCUT2D eigenvalue weighted by molar-refractivity contribution is 9.10. The molecule has 0 heterocycles. The third-order valence-electron chi connectivity index (χ3n) is 2.84. The van der Waals surface area contributed by atoms with Crippen molar-refractivity contribution >= 4 is 21.6 Å². The molecule has 100 valence electrons. The van der Waals surface area contributed by atoms with E-state index in [0.717, 1.165) is 21.5 Å². The second kappa shape index (κ2) is 6.06. The highest BCUT2D eigenvalue weighted by atomic mass is 79.9. The standard InChI is InChI=1S/C15H15BrFNO/c1-10-3-4-11(5-15(10)17)9-18-13-6-12(16)7-14(8-13)19-2/h3-8,18H,9H2,1-2H3. The van der Waals surface area contributed by atoms with Crippen LogP contribution in [-0.4, -0.2) is 7.11 Å². The van der Waals surface area contributed by atoms with Crippen molar-refractivity contribution in [3.8, 4) is 5.75 Å². The van der Waals surface area contributed by atoms with Gasteiger partial charge < -0.3 is 10.1 Å². The van der Waals surface area contributed by atoms with Gasteiger partial charge in [-0.25, -0.2) is 4.39 Å².